The van der Waals surface area contributed by atoms with Crippen molar-refractivity contribution < 1.29 is 13.2 Å². The molecule has 0 saturated carbocycles. The predicted molar refractivity (Wildman–Crippen MR) is 123 cm³/mol. The Balaban J connectivity index is 1.88. The zero-order chi connectivity index (χ0) is 21.7. The van der Waals surface area contributed by atoms with Crippen molar-refractivity contribution in [3.05, 3.63) is 94.0 Å². The number of carbonyl (C=O) groups is 1. The van der Waals surface area contributed by atoms with Crippen molar-refractivity contribution in [3.8, 4) is 0 Å². The molecule has 0 bridgehead atoms. The lowest BCUT2D eigenvalue weighted by atomic mass is 10.1. The number of aryl methyl sites for hydroxylation is 2. The van der Waals surface area contributed by atoms with Crippen molar-refractivity contribution in [1.29, 1.82) is 0 Å². The topological polar surface area (TPSA) is 66.5 Å². The van der Waals surface area contributed by atoms with Gasteiger partial charge in [0.05, 0.1) is 11.4 Å². The summed E-state index contributed by atoms with van der Waals surface area (Å²) in [7, 11) is -3.87. The minimum atomic E-state index is -3.87. The first kappa shape index (κ1) is 22.2. The Labute approximate surface area is 185 Å². The van der Waals surface area contributed by atoms with Crippen molar-refractivity contribution in [3.63, 3.8) is 0 Å². The Morgan fingerprint density at radius 1 is 0.967 bits per heavy atom. The van der Waals surface area contributed by atoms with E-state index >= 15 is 0 Å². The van der Waals surface area contributed by atoms with Gasteiger partial charge < -0.3 is 5.32 Å². The highest BCUT2D eigenvalue weighted by Gasteiger charge is 2.27. The maximum absolute atomic E-state index is 13.3. The summed E-state index contributed by atoms with van der Waals surface area (Å²) in [6.07, 6.45) is 0. The number of halogens is 1. The van der Waals surface area contributed by atoms with Crippen LogP contribution in [0.4, 0.5) is 5.69 Å². The summed E-state index contributed by atoms with van der Waals surface area (Å²) in [5, 5.41) is 2.85. The normalized spacial score (nSPS) is 11.5. The maximum atomic E-state index is 13.3. The smallest absolute Gasteiger partial charge is 0.243 e. The van der Waals surface area contributed by atoms with E-state index in [-0.39, 0.29) is 23.9 Å². The van der Waals surface area contributed by atoms with E-state index in [9.17, 15) is 13.2 Å². The number of carbonyl (C=O) groups excluding carboxylic acids is 1. The van der Waals surface area contributed by atoms with E-state index in [0.29, 0.717) is 5.69 Å². The molecule has 30 heavy (non-hydrogen) atoms. The first-order valence-corrected chi connectivity index (χ1v) is 11.7. The molecule has 0 aliphatic carbocycles. The molecule has 0 saturated heterocycles. The molecule has 0 unspecified atom stereocenters. The van der Waals surface area contributed by atoms with Gasteiger partial charge in [0.15, 0.2) is 0 Å². The Morgan fingerprint density at radius 2 is 1.63 bits per heavy atom. The third-order valence-corrected chi connectivity index (χ3v) is 6.97. The molecule has 0 radical (unpaired) electrons. The molecule has 3 aromatic rings. The molecule has 0 spiro atoms. The fourth-order valence-electron chi connectivity index (χ4n) is 2.99. The highest BCUT2D eigenvalue weighted by molar-refractivity contribution is 9.10. The highest BCUT2D eigenvalue weighted by atomic mass is 79.9. The number of hydrogen-bond acceptors (Lipinski definition) is 3. The van der Waals surface area contributed by atoms with Gasteiger partial charge in [-0.2, -0.15) is 4.31 Å². The van der Waals surface area contributed by atoms with Crippen LogP contribution in [0, 0.1) is 13.8 Å². The highest BCUT2D eigenvalue weighted by Crippen LogP contribution is 2.22. The SMILES string of the molecule is Cc1ccc(C)c(NC(=O)CN(Cc2ccccc2)S(=O)(=O)c2ccc(Br)cc2)c1. The van der Waals surface area contributed by atoms with Gasteiger partial charge in [-0.15, -0.1) is 0 Å². The molecule has 7 heteroatoms. The predicted octanol–water partition coefficient (Wildman–Crippen LogP) is 4.90. The molecule has 0 atom stereocenters. The van der Waals surface area contributed by atoms with Crippen LogP contribution in [-0.4, -0.2) is 25.2 Å². The summed E-state index contributed by atoms with van der Waals surface area (Å²) >= 11 is 3.32. The number of benzene rings is 3. The van der Waals surface area contributed by atoms with Crippen LogP contribution in [0.3, 0.4) is 0 Å². The van der Waals surface area contributed by atoms with Crippen molar-refractivity contribution in [1.82, 2.24) is 4.31 Å². The molecule has 0 fully saturated rings. The second kappa shape index (κ2) is 9.55. The van der Waals surface area contributed by atoms with Gasteiger partial charge in [0.2, 0.25) is 15.9 Å². The summed E-state index contributed by atoms with van der Waals surface area (Å²) < 4.78 is 28.6. The van der Waals surface area contributed by atoms with Gasteiger partial charge in [0.1, 0.15) is 0 Å². The van der Waals surface area contributed by atoms with Gasteiger partial charge >= 0.3 is 0 Å². The monoisotopic (exact) mass is 486 g/mol. The van der Waals surface area contributed by atoms with Crippen LogP contribution in [0.25, 0.3) is 0 Å². The Kier molecular flexibility index (Phi) is 7.07. The third-order valence-electron chi connectivity index (χ3n) is 4.64. The number of anilines is 1. The molecule has 3 aromatic carbocycles. The standard InChI is InChI=1S/C23H23BrN2O3S/c1-17-8-9-18(2)22(14-17)25-23(27)16-26(15-19-6-4-3-5-7-19)30(28,29)21-12-10-20(24)11-13-21/h3-14H,15-16H2,1-2H3,(H,25,27). The molecule has 1 amide bonds. The van der Waals surface area contributed by atoms with Crippen LogP contribution >= 0.6 is 15.9 Å². The average molecular weight is 487 g/mol. The number of nitrogens with one attached hydrogen (secondary N) is 1. The van der Waals surface area contributed by atoms with E-state index in [2.05, 4.69) is 21.2 Å². The van der Waals surface area contributed by atoms with Crippen molar-refractivity contribution in [2.45, 2.75) is 25.3 Å². The quantitative estimate of drug-likeness (QED) is 0.516. The van der Waals surface area contributed by atoms with Crippen LogP contribution in [-0.2, 0) is 21.4 Å². The van der Waals surface area contributed by atoms with Crippen LogP contribution in [0.1, 0.15) is 16.7 Å². The van der Waals surface area contributed by atoms with Crippen LogP contribution in [0.2, 0.25) is 0 Å². The van der Waals surface area contributed by atoms with Crippen LogP contribution in [0.5, 0.6) is 0 Å². The van der Waals surface area contributed by atoms with E-state index in [1.165, 1.54) is 16.4 Å². The van der Waals surface area contributed by atoms with Gasteiger partial charge in [0.25, 0.3) is 0 Å². The lowest BCUT2D eigenvalue weighted by molar-refractivity contribution is -0.116. The largest absolute Gasteiger partial charge is 0.325 e. The molecule has 0 aliphatic rings. The first-order valence-electron chi connectivity index (χ1n) is 9.42. The van der Waals surface area contributed by atoms with Gasteiger partial charge in [-0.25, -0.2) is 8.42 Å². The van der Waals surface area contributed by atoms with E-state index in [1.54, 1.807) is 12.1 Å². The summed E-state index contributed by atoms with van der Waals surface area (Å²) in [4.78, 5) is 12.9. The van der Waals surface area contributed by atoms with E-state index < -0.39 is 10.0 Å². The number of amides is 1. The fraction of sp³-hybridized carbons (Fsp3) is 0.174. The number of rotatable bonds is 7. The van der Waals surface area contributed by atoms with Gasteiger partial charge in [-0.05, 0) is 60.9 Å². The summed E-state index contributed by atoms with van der Waals surface area (Å²) in [6.45, 7) is 3.64. The molecular weight excluding hydrogens is 464 g/mol. The second-order valence-electron chi connectivity index (χ2n) is 7.08. The van der Waals surface area contributed by atoms with Crippen LogP contribution in [0.15, 0.2) is 82.2 Å². The number of sulfonamides is 1. The fourth-order valence-corrected chi connectivity index (χ4v) is 4.64. The Morgan fingerprint density at radius 3 is 2.30 bits per heavy atom. The Bertz CT molecular complexity index is 1130. The summed E-state index contributed by atoms with van der Waals surface area (Å²) in [6, 6.07) is 21.4. The van der Waals surface area contributed by atoms with Gasteiger partial charge in [-0.3, -0.25) is 4.79 Å². The third kappa shape index (κ3) is 5.56. The van der Waals surface area contributed by atoms with Crippen LogP contribution < -0.4 is 5.32 Å². The van der Waals surface area contributed by atoms with Crippen molar-refractivity contribution >= 4 is 37.5 Å². The molecule has 0 aliphatic heterocycles. The average Bonchev–Trinajstić information content (AvgIpc) is 2.71. The molecule has 156 valence electrons. The Hall–Kier alpha value is -2.48. The molecule has 5 nitrogen and oxygen atoms in total. The van der Waals surface area contributed by atoms with E-state index in [4.69, 9.17) is 0 Å². The molecule has 3 rings (SSSR count). The minimum Gasteiger partial charge on any atom is -0.325 e. The summed E-state index contributed by atoms with van der Waals surface area (Å²) in [5.74, 6) is -0.389. The first-order chi connectivity index (χ1) is 14.3. The van der Waals surface area contributed by atoms with Gasteiger partial charge in [0, 0.05) is 16.7 Å². The zero-order valence-electron chi connectivity index (χ0n) is 16.8. The maximum Gasteiger partial charge on any atom is 0.243 e. The molecule has 0 heterocycles. The summed E-state index contributed by atoms with van der Waals surface area (Å²) in [5.41, 5.74) is 3.41. The minimum absolute atomic E-state index is 0.0967. The number of nitrogens with zero attached hydrogens (tertiary/aromatic N) is 1. The molecular formula is C23H23BrN2O3S. The molecule has 1 N–H and O–H groups in total. The van der Waals surface area contributed by atoms with Crippen molar-refractivity contribution in [2.75, 3.05) is 11.9 Å². The van der Waals surface area contributed by atoms with E-state index in [1.807, 2.05) is 62.4 Å². The second-order valence-corrected chi connectivity index (χ2v) is 9.93. The number of hydrogen-bond donors (Lipinski definition) is 1. The zero-order valence-corrected chi connectivity index (χ0v) is 19.2. The van der Waals surface area contributed by atoms with Crippen molar-refractivity contribution in [2.24, 2.45) is 0 Å². The lowest BCUT2D eigenvalue weighted by Crippen LogP contribution is -2.37. The lowest BCUT2D eigenvalue weighted by Gasteiger charge is -2.22. The van der Waals surface area contributed by atoms with Gasteiger partial charge in [-0.1, -0.05) is 58.4 Å². The van der Waals surface area contributed by atoms with E-state index in [0.717, 1.165) is 21.2 Å². The molecule has 0 aromatic heterocycles.